The fourth-order valence-corrected chi connectivity index (χ4v) is 1.85. The molecule has 2 N–H and O–H groups in total. The van der Waals surface area contributed by atoms with Gasteiger partial charge >= 0.3 is 0 Å². The Morgan fingerprint density at radius 3 is 2.25 bits per heavy atom. The molecule has 5 nitrogen and oxygen atoms in total. The molecule has 0 aliphatic heterocycles. The van der Waals surface area contributed by atoms with Crippen LogP contribution in [0.5, 0.6) is 0 Å². The van der Waals surface area contributed by atoms with Crippen LogP contribution in [0.15, 0.2) is 24.3 Å². The van der Waals surface area contributed by atoms with E-state index in [4.69, 9.17) is 5.73 Å². The van der Waals surface area contributed by atoms with Crippen molar-refractivity contribution in [3.63, 3.8) is 0 Å². The molecule has 0 aliphatic rings. The predicted molar refractivity (Wildman–Crippen MR) is 74.3 cm³/mol. The average Bonchev–Trinajstić information content (AvgIpc) is 2.36. The molecule has 0 radical (unpaired) electrons. The van der Waals surface area contributed by atoms with Gasteiger partial charge in [-0.2, -0.15) is 0 Å². The van der Waals surface area contributed by atoms with E-state index in [-0.39, 0.29) is 30.9 Å². The molecule has 0 aromatic heterocycles. The number of nitrogens with zero attached hydrogens (tertiary/aromatic N) is 2. The van der Waals surface area contributed by atoms with Gasteiger partial charge in [0.25, 0.3) is 0 Å². The quantitative estimate of drug-likeness (QED) is 0.837. The SMILES string of the molecule is C[C@H](c1ccc(F)cc1)N(C)C(=O)CN(C)CC(N)=O. The number of likely N-dealkylation sites (N-methyl/N-ethyl adjacent to an activating group) is 2. The van der Waals surface area contributed by atoms with Crippen molar-refractivity contribution in [3.05, 3.63) is 35.6 Å². The van der Waals surface area contributed by atoms with Crippen molar-refractivity contribution in [2.75, 3.05) is 27.2 Å². The lowest BCUT2D eigenvalue weighted by Gasteiger charge is -2.27. The normalized spacial score (nSPS) is 12.2. The van der Waals surface area contributed by atoms with Gasteiger partial charge in [-0.1, -0.05) is 12.1 Å². The number of halogens is 1. The third-order valence-corrected chi connectivity index (χ3v) is 3.16. The van der Waals surface area contributed by atoms with Crippen LogP contribution in [0.25, 0.3) is 0 Å². The van der Waals surface area contributed by atoms with Crippen LogP contribution in [0.3, 0.4) is 0 Å². The third-order valence-electron chi connectivity index (χ3n) is 3.16. The molecule has 0 heterocycles. The minimum Gasteiger partial charge on any atom is -0.369 e. The molecule has 6 heteroatoms. The maximum atomic E-state index is 12.9. The van der Waals surface area contributed by atoms with Gasteiger partial charge in [0.15, 0.2) is 0 Å². The van der Waals surface area contributed by atoms with Crippen LogP contribution >= 0.6 is 0 Å². The second-order valence-electron chi connectivity index (χ2n) is 4.87. The van der Waals surface area contributed by atoms with Crippen LogP contribution in [0, 0.1) is 5.82 Å². The fourth-order valence-electron chi connectivity index (χ4n) is 1.85. The molecule has 1 aromatic carbocycles. The lowest BCUT2D eigenvalue weighted by Crippen LogP contribution is -2.40. The summed E-state index contributed by atoms with van der Waals surface area (Å²) < 4.78 is 12.9. The molecule has 2 amide bonds. The first-order chi connectivity index (χ1) is 9.31. The van der Waals surface area contributed by atoms with Crippen molar-refractivity contribution in [1.29, 1.82) is 0 Å². The number of nitrogens with two attached hydrogens (primary N) is 1. The molecule has 0 saturated heterocycles. The Balaban J connectivity index is 2.64. The lowest BCUT2D eigenvalue weighted by atomic mass is 10.1. The van der Waals surface area contributed by atoms with E-state index >= 15 is 0 Å². The van der Waals surface area contributed by atoms with Crippen LogP contribution in [0.1, 0.15) is 18.5 Å². The second-order valence-corrected chi connectivity index (χ2v) is 4.87. The monoisotopic (exact) mass is 281 g/mol. The minimum absolute atomic E-state index is 0.0323. The van der Waals surface area contributed by atoms with E-state index in [2.05, 4.69) is 0 Å². The third kappa shape index (κ3) is 4.62. The first-order valence-corrected chi connectivity index (χ1v) is 6.29. The van der Waals surface area contributed by atoms with Gasteiger partial charge in [-0.05, 0) is 31.7 Å². The Bertz CT molecular complexity index is 476. The van der Waals surface area contributed by atoms with Gasteiger partial charge in [0.05, 0.1) is 19.1 Å². The Hall–Kier alpha value is -1.95. The number of primary amides is 1. The van der Waals surface area contributed by atoms with E-state index in [9.17, 15) is 14.0 Å². The Morgan fingerprint density at radius 2 is 1.75 bits per heavy atom. The molecule has 0 fully saturated rings. The minimum atomic E-state index is -0.477. The zero-order valence-electron chi connectivity index (χ0n) is 12.0. The maximum Gasteiger partial charge on any atom is 0.236 e. The van der Waals surface area contributed by atoms with E-state index < -0.39 is 5.91 Å². The van der Waals surface area contributed by atoms with E-state index in [1.807, 2.05) is 6.92 Å². The molecule has 0 unspecified atom stereocenters. The molecule has 1 aromatic rings. The maximum absolute atomic E-state index is 12.9. The Labute approximate surface area is 118 Å². The predicted octanol–water partition coefficient (Wildman–Crippen LogP) is 0.762. The molecule has 0 saturated carbocycles. The van der Waals surface area contributed by atoms with Crippen LogP contribution in [-0.4, -0.2) is 48.8 Å². The number of benzene rings is 1. The standard InChI is InChI=1S/C14H20FN3O2/c1-10(11-4-6-12(15)7-5-11)18(3)14(20)9-17(2)8-13(16)19/h4-7,10H,8-9H2,1-3H3,(H2,16,19)/t10-/m1/s1. The Kier molecular flexibility index (Phi) is 5.64. The summed E-state index contributed by atoms with van der Waals surface area (Å²) in [5, 5.41) is 0. The highest BCUT2D eigenvalue weighted by Crippen LogP contribution is 2.19. The van der Waals surface area contributed by atoms with Crippen molar-refractivity contribution in [1.82, 2.24) is 9.80 Å². The summed E-state index contributed by atoms with van der Waals surface area (Å²) in [5.41, 5.74) is 5.92. The molecular formula is C14H20FN3O2. The van der Waals surface area contributed by atoms with Crippen molar-refractivity contribution >= 4 is 11.8 Å². The number of hydrogen-bond acceptors (Lipinski definition) is 3. The number of carbonyl (C=O) groups excluding carboxylic acids is 2. The van der Waals surface area contributed by atoms with Crippen molar-refractivity contribution in [2.45, 2.75) is 13.0 Å². The second kappa shape index (κ2) is 7.00. The summed E-state index contributed by atoms with van der Waals surface area (Å²) >= 11 is 0. The molecule has 0 bridgehead atoms. The van der Waals surface area contributed by atoms with Crippen LogP contribution in [0.4, 0.5) is 4.39 Å². The first-order valence-electron chi connectivity index (χ1n) is 6.29. The zero-order valence-corrected chi connectivity index (χ0v) is 12.0. The summed E-state index contributed by atoms with van der Waals surface area (Å²) in [6.07, 6.45) is 0. The van der Waals surface area contributed by atoms with E-state index in [0.29, 0.717) is 0 Å². The van der Waals surface area contributed by atoms with Crippen LogP contribution in [0.2, 0.25) is 0 Å². The summed E-state index contributed by atoms with van der Waals surface area (Å²) in [6.45, 7) is 1.99. The molecule has 1 rings (SSSR count). The number of hydrogen-bond donors (Lipinski definition) is 1. The molecule has 110 valence electrons. The van der Waals surface area contributed by atoms with E-state index in [1.54, 1.807) is 36.0 Å². The highest BCUT2D eigenvalue weighted by molar-refractivity contribution is 5.80. The zero-order chi connectivity index (χ0) is 15.3. The molecule has 1 atom stereocenters. The van der Waals surface area contributed by atoms with Crippen LogP contribution in [-0.2, 0) is 9.59 Å². The fraction of sp³-hybridized carbons (Fsp3) is 0.429. The Morgan fingerprint density at radius 1 is 1.20 bits per heavy atom. The van der Waals surface area contributed by atoms with Gasteiger partial charge in [-0.25, -0.2) is 4.39 Å². The van der Waals surface area contributed by atoms with Crippen molar-refractivity contribution in [2.24, 2.45) is 5.73 Å². The summed E-state index contributed by atoms with van der Waals surface area (Å²) in [7, 11) is 3.33. The highest BCUT2D eigenvalue weighted by Gasteiger charge is 2.19. The van der Waals surface area contributed by atoms with Crippen molar-refractivity contribution in [3.8, 4) is 0 Å². The lowest BCUT2D eigenvalue weighted by molar-refractivity contribution is -0.133. The average molecular weight is 281 g/mol. The van der Waals surface area contributed by atoms with Crippen molar-refractivity contribution < 1.29 is 14.0 Å². The molecule has 0 spiro atoms. The summed E-state index contributed by atoms with van der Waals surface area (Å²) in [5.74, 6) is -0.920. The van der Waals surface area contributed by atoms with Gasteiger partial charge in [-0.3, -0.25) is 14.5 Å². The van der Waals surface area contributed by atoms with Gasteiger partial charge in [0, 0.05) is 7.05 Å². The van der Waals surface area contributed by atoms with Gasteiger partial charge in [0.2, 0.25) is 11.8 Å². The number of rotatable bonds is 6. The molecular weight excluding hydrogens is 261 g/mol. The topological polar surface area (TPSA) is 66.6 Å². The van der Waals surface area contributed by atoms with Gasteiger partial charge in [-0.15, -0.1) is 0 Å². The molecule has 0 aliphatic carbocycles. The van der Waals surface area contributed by atoms with Crippen LogP contribution < -0.4 is 5.73 Å². The van der Waals surface area contributed by atoms with E-state index in [0.717, 1.165) is 5.56 Å². The smallest absolute Gasteiger partial charge is 0.236 e. The number of amides is 2. The summed E-state index contributed by atoms with van der Waals surface area (Å²) in [6, 6.07) is 5.85. The first kappa shape index (κ1) is 16.1. The number of carbonyl (C=O) groups is 2. The van der Waals surface area contributed by atoms with E-state index in [1.165, 1.54) is 12.1 Å². The van der Waals surface area contributed by atoms with Gasteiger partial charge < -0.3 is 10.6 Å². The van der Waals surface area contributed by atoms with Gasteiger partial charge in [0.1, 0.15) is 5.82 Å². The highest BCUT2D eigenvalue weighted by atomic mass is 19.1. The summed E-state index contributed by atoms with van der Waals surface area (Å²) in [4.78, 5) is 26.0. The molecule has 20 heavy (non-hydrogen) atoms. The largest absolute Gasteiger partial charge is 0.369 e.